The van der Waals surface area contributed by atoms with Crippen molar-refractivity contribution in [1.82, 2.24) is 5.32 Å². The van der Waals surface area contributed by atoms with E-state index in [-0.39, 0.29) is 29.8 Å². The lowest BCUT2D eigenvalue weighted by molar-refractivity contribution is -0.128. The molecule has 0 aromatic carbocycles. The summed E-state index contributed by atoms with van der Waals surface area (Å²) in [5.41, 5.74) is 0. The fraction of sp³-hybridized carbons (Fsp3) is 0.538. The van der Waals surface area contributed by atoms with Crippen LogP contribution in [0.3, 0.4) is 0 Å². The van der Waals surface area contributed by atoms with Gasteiger partial charge in [0.25, 0.3) is 5.91 Å². The molecule has 0 unspecified atom stereocenters. The van der Waals surface area contributed by atoms with Gasteiger partial charge >= 0.3 is 5.97 Å². The number of amides is 1. The summed E-state index contributed by atoms with van der Waals surface area (Å²) < 4.78 is 15.7. The summed E-state index contributed by atoms with van der Waals surface area (Å²) in [4.78, 5) is 22.6. The first-order valence-corrected chi connectivity index (χ1v) is 6.35. The van der Waals surface area contributed by atoms with Gasteiger partial charge in [-0.05, 0) is 25.5 Å². The van der Waals surface area contributed by atoms with Crippen LogP contribution in [0.2, 0.25) is 0 Å². The quantitative estimate of drug-likeness (QED) is 0.805. The second-order valence-corrected chi connectivity index (χ2v) is 4.48. The first-order valence-electron chi connectivity index (χ1n) is 6.35. The molecule has 0 spiro atoms. The molecule has 3 atom stereocenters. The number of nitrogens with one attached hydrogen (secondary N) is 1. The molecule has 0 radical (unpaired) electrons. The number of rotatable bonds is 6. The number of carbonyl (C=O) groups excluding carboxylic acids is 1. The van der Waals surface area contributed by atoms with E-state index in [0.29, 0.717) is 13.0 Å². The Morgan fingerprint density at radius 2 is 2.15 bits per heavy atom. The zero-order valence-electron chi connectivity index (χ0n) is 11.3. The Labute approximate surface area is 115 Å². The molecule has 0 saturated heterocycles. The second kappa shape index (κ2) is 6.06. The van der Waals surface area contributed by atoms with Crippen LogP contribution < -0.4 is 5.32 Å². The minimum atomic E-state index is -1.21. The highest BCUT2D eigenvalue weighted by Gasteiger charge is 2.43. The number of carboxylic acids is 1. The maximum Gasteiger partial charge on any atom is 0.371 e. The Balaban J connectivity index is 1.93. The van der Waals surface area contributed by atoms with Crippen molar-refractivity contribution in [2.75, 3.05) is 13.7 Å². The van der Waals surface area contributed by atoms with Crippen LogP contribution in [0.1, 0.15) is 34.5 Å². The monoisotopic (exact) mass is 283 g/mol. The Kier molecular flexibility index (Phi) is 4.41. The number of hydrogen-bond acceptors (Lipinski definition) is 5. The van der Waals surface area contributed by atoms with Crippen molar-refractivity contribution in [1.29, 1.82) is 0 Å². The van der Waals surface area contributed by atoms with E-state index in [1.54, 1.807) is 7.11 Å². The highest BCUT2D eigenvalue weighted by molar-refractivity contribution is 5.93. The van der Waals surface area contributed by atoms with Gasteiger partial charge in [-0.2, -0.15) is 0 Å². The van der Waals surface area contributed by atoms with E-state index in [1.165, 1.54) is 12.1 Å². The normalized spacial score (nSPS) is 25.0. The van der Waals surface area contributed by atoms with Crippen LogP contribution in [-0.2, 0) is 9.47 Å². The molecule has 1 aromatic heterocycles. The third kappa shape index (κ3) is 2.83. The zero-order chi connectivity index (χ0) is 14.7. The average Bonchev–Trinajstić information content (AvgIpc) is 2.87. The van der Waals surface area contributed by atoms with Crippen LogP contribution in [0.4, 0.5) is 0 Å². The topological polar surface area (TPSA) is 98.0 Å². The first kappa shape index (κ1) is 14.5. The van der Waals surface area contributed by atoms with Crippen molar-refractivity contribution >= 4 is 11.9 Å². The summed E-state index contributed by atoms with van der Waals surface area (Å²) in [6, 6.07) is 2.41. The molecular formula is C13H17NO6. The van der Waals surface area contributed by atoms with Crippen molar-refractivity contribution in [2.24, 2.45) is 0 Å². The van der Waals surface area contributed by atoms with Crippen LogP contribution in [0.5, 0.6) is 0 Å². The third-order valence-electron chi connectivity index (χ3n) is 3.26. The van der Waals surface area contributed by atoms with E-state index in [0.717, 1.165) is 0 Å². The van der Waals surface area contributed by atoms with E-state index in [9.17, 15) is 9.59 Å². The lowest BCUT2D eigenvalue weighted by Crippen LogP contribution is -2.60. The molecule has 0 bridgehead atoms. The van der Waals surface area contributed by atoms with Crippen molar-refractivity contribution in [3.63, 3.8) is 0 Å². The van der Waals surface area contributed by atoms with Crippen LogP contribution in [0.25, 0.3) is 0 Å². The Hall–Kier alpha value is -1.86. The van der Waals surface area contributed by atoms with Gasteiger partial charge in [0, 0.05) is 13.7 Å². The highest BCUT2D eigenvalue weighted by Crippen LogP contribution is 2.27. The number of hydrogen-bond donors (Lipinski definition) is 2. The van der Waals surface area contributed by atoms with Gasteiger partial charge in [-0.3, -0.25) is 4.79 Å². The Morgan fingerprint density at radius 1 is 1.45 bits per heavy atom. The van der Waals surface area contributed by atoms with Gasteiger partial charge in [0.2, 0.25) is 5.76 Å². The van der Waals surface area contributed by atoms with Crippen LogP contribution in [-0.4, -0.2) is 48.9 Å². The lowest BCUT2D eigenvalue weighted by atomic mass is 9.85. The average molecular weight is 283 g/mol. The molecule has 1 amide bonds. The standard InChI is InChI=1S/C13H17NO6/c1-3-19-10-6-7(11(10)18-2)14-12(15)8-4-5-9(20-8)13(16)17/h4-5,7,10-11H,3,6H2,1-2H3,(H,14,15)(H,16,17)/t7-,10-,11-/m1/s1. The summed E-state index contributed by atoms with van der Waals surface area (Å²) in [6.45, 7) is 2.49. The van der Waals surface area contributed by atoms with Crippen LogP contribution >= 0.6 is 0 Å². The summed E-state index contributed by atoms with van der Waals surface area (Å²) in [7, 11) is 1.56. The zero-order valence-corrected chi connectivity index (χ0v) is 11.3. The Bertz CT molecular complexity index is 497. The summed E-state index contributed by atoms with van der Waals surface area (Å²) in [5.74, 6) is -1.96. The largest absolute Gasteiger partial charge is 0.475 e. The van der Waals surface area contributed by atoms with Crippen molar-refractivity contribution < 1.29 is 28.6 Å². The van der Waals surface area contributed by atoms with Gasteiger partial charge in [0.1, 0.15) is 6.10 Å². The van der Waals surface area contributed by atoms with E-state index in [1.807, 2.05) is 6.92 Å². The number of ether oxygens (including phenoxy) is 2. The van der Waals surface area contributed by atoms with Gasteiger partial charge in [0.15, 0.2) is 5.76 Å². The molecule has 1 aliphatic rings. The molecule has 1 heterocycles. The van der Waals surface area contributed by atoms with Crippen LogP contribution in [0.15, 0.2) is 16.5 Å². The number of furan rings is 1. The van der Waals surface area contributed by atoms with Crippen molar-refractivity contribution in [2.45, 2.75) is 31.6 Å². The minimum absolute atomic E-state index is 0.0264. The number of carbonyl (C=O) groups is 2. The Morgan fingerprint density at radius 3 is 2.70 bits per heavy atom. The summed E-state index contributed by atoms with van der Waals surface area (Å²) in [5, 5.41) is 11.5. The SMILES string of the molecule is CCO[C@@H]1C[C@@H](NC(=O)c2ccc(C(=O)O)o2)[C@H]1OC. The smallest absolute Gasteiger partial charge is 0.371 e. The number of methoxy groups -OCH3 is 1. The van der Waals surface area contributed by atoms with E-state index >= 15 is 0 Å². The molecule has 1 fully saturated rings. The van der Waals surface area contributed by atoms with Gasteiger partial charge in [-0.25, -0.2) is 4.79 Å². The number of carboxylic acid groups (broad SMARTS) is 1. The van der Waals surface area contributed by atoms with Crippen molar-refractivity contribution in [3.05, 3.63) is 23.7 Å². The van der Waals surface area contributed by atoms with Gasteiger partial charge in [-0.15, -0.1) is 0 Å². The molecule has 2 N–H and O–H groups in total. The van der Waals surface area contributed by atoms with Crippen LogP contribution in [0, 0.1) is 0 Å². The van der Waals surface area contributed by atoms with E-state index < -0.39 is 11.9 Å². The molecule has 0 aliphatic heterocycles. The predicted molar refractivity (Wildman–Crippen MR) is 67.7 cm³/mol. The predicted octanol–water partition coefficient (Wildman–Crippen LogP) is 0.900. The van der Waals surface area contributed by atoms with E-state index in [4.69, 9.17) is 19.0 Å². The summed E-state index contributed by atoms with van der Waals surface area (Å²) >= 11 is 0. The third-order valence-corrected chi connectivity index (χ3v) is 3.26. The highest BCUT2D eigenvalue weighted by atomic mass is 16.5. The van der Waals surface area contributed by atoms with E-state index in [2.05, 4.69) is 5.32 Å². The molecule has 7 heteroatoms. The van der Waals surface area contributed by atoms with Crippen molar-refractivity contribution in [3.8, 4) is 0 Å². The second-order valence-electron chi connectivity index (χ2n) is 4.48. The fourth-order valence-corrected chi connectivity index (χ4v) is 2.23. The molecule has 2 rings (SSSR count). The molecule has 1 aromatic rings. The first-order chi connectivity index (χ1) is 9.56. The maximum absolute atomic E-state index is 11.9. The minimum Gasteiger partial charge on any atom is -0.475 e. The molecule has 7 nitrogen and oxygen atoms in total. The maximum atomic E-state index is 11.9. The summed E-state index contributed by atoms with van der Waals surface area (Å²) in [6.07, 6.45) is 0.430. The molecule has 20 heavy (non-hydrogen) atoms. The molecule has 1 aliphatic carbocycles. The molecule has 110 valence electrons. The lowest BCUT2D eigenvalue weighted by Gasteiger charge is -2.43. The molecular weight excluding hydrogens is 266 g/mol. The van der Waals surface area contributed by atoms with Gasteiger partial charge < -0.3 is 24.3 Å². The fourth-order valence-electron chi connectivity index (χ4n) is 2.23. The van der Waals surface area contributed by atoms with Gasteiger partial charge in [0.05, 0.1) is 12.1 Å². The van der Waals surface area contributed by atoms with Gasteiger partial charge in [-0.1, -0.05) is 0 Å². The number of aromatic carboxylic acids is 1. The molecule has 1 saturated carbocycles.